The van der Waals surface area contributed by atoms with Gasteiger partial charge < -0.3 is 14.9 Å². The summed E-state index contributed by atoms with van der Waals surface area (Å²) in [7, 11) is 1.58. The van der Waals surface area contributed by atoms with E-state index in [1.807, 2.05) is 0 Å². The Kier molecular flexibility index (Phi) is 4.41. The topological polar surface area (TPSA) is 82.3 Å². The predicted molar refractivity (Wildman–Crippen MR) is 66.1 cm³/mol. The van der Waals surface area contributed by atoms with Crippen molar-refractivity contribution >= 4 is 17.6 Å². The maximum absolute atomic E-state index is 5.56. The molecule has 94 valence electrons. The predicted octanol–water partition coefficient (Wildman–Crippen LogP) is 1.04. The zero-order valence-electron chi connectivity index (χ0n) is 9.68. The molecule has 17 heavy (non-hydrogen) atoms. The first-order chi connectivity index (χ1) is 8.35. The van der Waals surface area contributed by atoms with Crippen LogP contribution in [0.2, 0.25) is 0 Å². The molecule has 1 aliphatic rings. The summed E-state index contributed by atoms with van der Waals surface area (Å²) in [6.45, 7) is 0.863. The number of nitrogens with two attached hydrogens (primary N) is 1. The van der Waals surface area contributed by atoms with Gasteiger partial charge in [0.2, 0.25) is 0 Å². The Balaban J connectivity index is 2.03. The molecule has 0 bridgehead atoms. The van der Waals surface area contributed by atoms with Gasteiger partial charge in [-0.15, -0.1) is 0 Å². The fraction of sp³-hybridized carbons (Fsp3) is 0.600. The van der Waals surface area contributed by atoms with E-state index in [0.717, 1.165) is 30.2 Å². The lowest BCUT2D eigenvalue weighted by atomic mass is 10.3. The van der Waals surface area contributed by atoms with Crippen LogP contribution in [-0.4, -0.2) is 35.5 Å². The number of anilines is 1. The van der Waals surface area contributed by atoms with Gasteiger partial charge in [0.25, 0.3) is 0 Å². The van der Waals surface area contributed by atoms with Gasteiger partial charge in [0.15, 0.2) is 11.6 Å². The van der Waals surface area contributed by atoms with Crippen LogP contribution >= 0.6 is 11.8 Å². The maximum Gasteiger partial charge on any atom is 0.195 e. The van der Waals surface area contributed by atoms with Crippen LogP contribution in [0.4, 0.5) is 5.82 Å². The molecule has 6 nitrogen and oxygen atoms in total. The first kappa shape index (κ1) is 12.4. The molecule has 0 saturated carbocycles. The summed E-state index contributed by atoms with van der Waals surface area (Å²) in [5.41, 5.74) is 2.49. The monoisotopic (exact) mass is 256 g/mol. The molecule has 0 aromatic carbocycles. The number of hydrogen-bond acceptors (Lipinski definition) is 7. The number of nitrogens with one attached hydrogen (secondary N) is 1. The van der Waals surface area contributed by atoms with Crippen LogP contribution in [0.15, 0.2) is 11.4 Å². The second-order valence-electron chi connectivity index (χ2n) is 3.65. The van der Waals surface area contributed by atoms with E-state index in [0.29, 0.717) is 17.7 Å². The minimum atomic E-state index is 0.314. The highest BCUT2D eigenvalue weighted by Gasteiger charge is 2.18. The van der Waals surface area contributed by atoms with E-state index < -0.39 is 0 Å². The Morgan fingerprint density at radius 2 is 2.53 bits per heavy atom. The molecule has 1 saturated heterocycles. The fourth-order valence-electron chi connectivity index (χ4n) is 1.69. The number of hydrogen-bond donors (Lipinski definition) is 2. The number of nitrogen functional groups attached to an aromatic ring is 1. The minimum Gasteiger partial charge on any atom is -0.490 e. The number of rotatable bonds is 5. The Hall–Kier alpha value is -1.05. The zero-order valence-corrected chi connectivity index (χ0v) is 10.5. The van der Waals surface area contributed by atoms with E-state index in [2.05, 4.69) is 15.4 Å². The SMILES string of the molecule is COc1c(NN)ncnc1SCC1CCCO1. The Labute approximate surface area is 104 Å². The molecule has 2 heterocycles. The van der Waals surface area contributed by atoms with E-state index in [1.165, 1.54) is 6.33 Å². The third-order valence-electron chi connectivity index (χ3n) is 2.54. The molecule has 1 aromatic heterocycles. The van der Waals surface area contributed by atoms with Gasteiger partial charge >= 0.3 is 0 Å². The van der Waals surface area contributed by atoms with E-state index in [9.17, 15) is 0 Å². The summed E-state index contributed by atoms with van der Waals surface area (Å²) in [6, 6.07) is 0. The van der Waals surface area contributed by atoms with Crippen LogP contribution in [0.25, 0.3) is 0 Å². The van der Waals surface area contributed by atoms with Crippen LogP contribution < -0.4 is 16.0 Å². The van der Waals surface area contributed by atoms with Gasteiger partial charge in [-0.2, -0.15) is 0 Å². The molecule has 0 radical (unpaired) electrons. The molecular weight excluding hydrogens is 240 g/mol. The molecule has 1 atom stereocenters. The third-order valence-corrected chi connectivity index (χ3v) is 3.64. The lowest BCUT2D eigenvalue weighted by Gasteiger charge is -2.12. The largest absolute Gasteiger partial charge is 0.490 e. The minimum absolute atomic E-state index is 0.314. The summed E-state index contributed by atoms with van der Waals surface area (Å²) >= 11 is 1.60. The van der Waals surface area contributed by atoms with Crippen LogP contribution in [0.5, 0.6) is 5.75 Å². The standard InChI is InChI=1S/C10H16N4O2S/c1-15-8-9(14-11)12-6-13-10(8)17-5-7-3-2-4-16-7/h6-7H,2-5,11H2,1H3,(H,12,13,14). The van der Waals surface area contributed by atoms with E-state index >= 15 is 0 Å². The highest BCUT2D eigenvalue weighted by Crippen LogP contribution is 2.33. The number of aromatic nitrogens is 2. The van der Waals surface area contributed by atoms with Crippen molar-refractivity contribution in [3.63, 3.8) is 0 Å². The van der Waals surface area contributed by atoms with Gasteiger partial charge in [0.05, 0.1) is 13.2 Å². The van der Waals surface area contributed by atoms with E-state index in [1.54, 1.807) is 18.9 Å². The molecular formula is C10H16N4O2S. The number of nitrogens with zero attached hydrogens (tertiary/aromatic N) is 2. The van der Waals surface area contributed by atoms with Gasteiger partial charge in [-0.25, -0.2) is 15.8 Å². The van der Waals surface area contributed by atoms with Crippen molar-refractivity contribution in [1.29, 1.82) is 0 Å². The van der Waals surface area contributed by atoms with Crippen molar-refractivity contribution in [1.82, 2.24) is 9.97 Å². The summed E-state index contributed by atoms with van der Waals surface area (Å²) in [6.07, 6.45) is 4.04. The van der Waals surface area contributed by atoms with E-state index in [4.69, 9.17) is 15.3 Å². The molecule has 0 spiro atoms. The first-order valence-electron chi connectivity index (χ1n) is 5.45. The van der Waals surface area contributed by atoms with Gasteiger partial charge in [-0.3, -0.25) is 0 Å². The van der Waals surface area contributed by atoms with Crippen LogP contribution in [0.1, 0.15) is 12.8 Å². The summed E-state index contributed by atoms with van der Waals surface area (Å²) in [5, 5.41) is 0.783. The van der Waals surface area contributed by atoms with Crippen LogP contribution in [-0.2, 0) is 4.74 Å². The molecule has 0 amide bonds. The summed E-state index contributed by atoms with van der Waals surface area (Å²) < 4.78 is 10.8. The highest BCUT2D eigenvalue weighted by atomic mass is 32.2. The molecule has 3 N–H and O–H groups in total. The number of methoxy groups -OCH3 is 1. The number of ether oxygens (including phenoxy) is 2. The quantitative estimate of drug-likeness (QED) is 0.352. The zero-order chi connectivity index (χ0) is 12.1. The lowest BCUT2D eigenvalue weighted by Crippen LogP contribution is -2.12. The van der Waals surface area contributed by atoms with Gasteiger partial charge in [0, 0.05) is 12.4 Å². The molecule has 1 fully saturated rings. The van der Waals surface area contributed by atoms with Crippen molar-refractivity contribution in [2.24, 2.45) is 5.84 Å². The fourth-order valence-corrected chi connectivity index (χ4v) is 2.73. The molecule has 2 rings (SSSR count). The normalized spacial score (nSPS) is 19.3. The van der Waals surface area contributed by atoms with Crippen molar-refractivity contribution in [2.75, 3.05) is 24.9 Å². The summed E-state index contributed by atoms with van der Waals surface area (Å²) in [5.74, 6) is 7.31. The molecule has 1 aromatic rings. The average Bonchev–Trinajstić information content (AvgIpc) is 2.88. The van der Waals surface area contributed by atoms with Gasteiger partial charge in [-0.05, 0) is 12.8 Å². The first-order valence-corrected chi connectivity index (χ1v) is 6.43. The van der Waals surface area contributed by atoms with Crippen molar-refractivity contribution < 1.29 is 9.47 Å². The van der Waals surface area contributed by atoms with Gasteiger partial charge in [-0.1, -0.05) is 11.8 Å². The molecule has 1 unspecified atom stereocenters. The Morgan fingerprint density at radius 3 is 3.18 bits per heavy atom. The van der Waals surface area contributed by atoms with Gasteiger partial charge in [0.1, 0.15) is 11.4 Å². The van der Waals surface area contributed by atoms with Crippen molar-refractivity contribution in [2.45, 2.75) is 24.0 Å². The molecule has 1 aliphatic heterocycles. The van der Waals surface area contributed by atoms with Crippen molar-refractivity contribution in [3.8, 4) is 5.75 Å². The Morgan fingerprint density at radius 1 is 1.65 bits per heavy atom. The van der Waals surface area contributed by atoms with Crippen LogP contribution in [0.3, 0.4) is 0 Å². The lowest BCUT2D eigenvalue weighted by molar-refractivity contribution is 0.129. The third kappa shape index (κ3) is 2.99. The molecule has 7 heteroatoms. The van der Waals surface area contributed by atoms with E-state index in [-0.39, 0.29) is 0 Å². The summed E-state index contributed by atoms with van der Waals surface area (Å²) in [4.78, 5) is 8.19. The highest BCUT2D eigenvalue weighted by molar-refractivity contribution is 7.99. The average molecular weight is 256 g/mol. The molecule has 0 aliphatic carbocycles. The second kappa shape index (κ2) is 6.04. The maximum atomic E-state index is 5.56. The smallest absolute Gasteiger partial charge is 0.195 e. The van der Waals surface area contributed by atoms with Crippen molar-refractivity contribution in [3.05, 3.63) is 6.33 Å². The second-order valence-corrected chi connectivity index (χ2v) is 4.66. The number of hydrazine groups is 1. The number of thioether (sulfide) groups is 1. The Bertz CT molecular complexity index is 371. The van der Waals surface area contributed by atoms with Crippen LogP contribution in [0, 0.1) is 0 Å².